The van der Waals surface area contributed by atoms with Gasteiger partial charge in [0.2, 0.25) is 10.0 Å². The lowest BCUT2D eigenvalue weighted by Crippen LogP contribution is -2.40. The topological polar surface area (TPSA) is 85.7 Å². The summed E-state index contributed by atoms with van der Waals surface area (Å²) in [5.74, 6) is -0.534. The minimum Gasteiger partial charge on any atom is -0.469 e. The van der Waals surface area contributed by atoms with Gasteiger partial charge in [0.25, 0.3) is 0 Å². The fraction of sp³-hybridized carbons (Fsp3) is 0.529. The first-order chi connectivity index (χ1) is 12.4. The number of methoxy groups -OCH3 is 1. The second kappa shape index (κ2) is 7.50. The van der Waals surface area contributed by atoms with Gasteiger partial charge in [-0.05, 0) is 37.5 Å². The quantitative estimate of drug-likeness (QED) is 0.720. The molecule has 9 heteroatoms. The van der Waals surface area contributed by atoms with Crippen molar-refractivity contribution >= 4 is 37.5 Å². The molecule has 7 nitrogen and oxygen atoms in total. The van der Waals surface area contributed by atoms with Crippen molar-refractivity contribution in [1.82, 2.24) is 8.87 Å². The number of piperidine rings is 1. The summed E-state index contributed by atoms with van der Waals surface area (Å²) >= 11 is 1.07. The summed E-state index contributed by atoms with van der Waals surface area (Å²) < 4.78 is 34.3. The maximum absolute atomic E-state index is 12.9. The fourth-order valence-corrected chi connectivity index (χ4v) is 5.82. The summed E-state index contributed by atoms with van der Waals surface area (Å²) in [7, 11) is -2.30. The van der Waals surface area contributed by atoms with E-state index in [1.807, 2.05) is 6.92 Å². The number of carbonyl (C=O) groups excluding carboxylic acids is 1. The first-order valence-electron chi connectivity index (χ1n) is 8.60. The Morgan fingerprint density at radius 2 is 2.00 bits per heavy atom. The SMILES string of the molecule is CCCn1c(=O)sc2cc(S(=O)(=O)N3CCC(C(=O)OC)CC3)ccc21. The average molecular weight is 399 g/mol. The Labute approximate surface area is 156 Å². The Kier molecular flexibility index (Phi) is 5.50. The van der Waals surface area contributed by atoms with E-state index in [0.717, 1.165) is 23.3 Å². The van der Waals surface area contributed by atoms with E-state index < -0.39 is 10.0 Å². The van der Waals surface area contributed by atoms with Crippen LogP contribution in [0.2, 0.25) is 0 Å². The molecule has 1 aromatic carbocycles. The van der Waals surface area contributed by atoms with E-state index in [-0.39, 0.29) is 34.7 Å². The van der Waals surface area contributed by atoms with Crippen LogP contribution in [0.4, 0.5) is 0 Å². The number of aromatic nitrogens is 1. The van der Waals surface area contributed by atoms with Crippen LogP contribution in [-0.2, 0) is 26.1 Å². The van der Waals surface area contributed by atoms with Gasteiger partial charge in [0.05, 0.1) is 28.1 Å². The number of carbonyl (C=O) groups is 1. The van der Waals surface area contributed by atoms with E-state index >= 15 is 0 Å². The highest BCUT2D eigenvalue weighted by Crippen LogP contribution is 2.27. The molecule has 0 bridgehead atoms. The lowest BCUT2D eigenvalue weighted by atomic mass is 9.99. The van der Waals surface area contributed by atoms with Crippen LogP contribution in [0, 0.1) is 5.92 Å². The molecule has 1 aromatic heterocycles. The molecule has 0 unspecified atom stereocenters. The van der Waals surface area contributed by atoms with Crippen molar-refractivity contribution in [3.05, 3.63) is 27.9 Å². The minimum absolute atomic E-state index is 0.0738. The third-order valence-corrected chi connectivity index (χ3v) is 7.55. The van der Waals surface area contributed by atoms with Crippen molar-refractivity contribution < 1.29 is 17.9 Å². The van der Waals surface area contributed by atoms with Crippen molar-refractivity contribution in [3.63, 3.8) is 0 Å². The second-order valence-corrected chi connectivity index (χ2v) is 9.28. The molecule has 3 rings (SSSR count). The first-order valence-corrected chi connectivity index (χ1v) is 10.9. The van der Waals surface area contributed by atoms with E-state index in [0.29, 0.717) is 24.1 Å². The minimum atomic E-state index is -3.65. The molecule has 0 saturated carbocycles. The molecule has 0 spiro atoms. The van der Waals surface area contributed by atoms with Crippen LogP contribution in [-0.4, -0.2) is 43.5 Å². The van der Waals surface area contributed by atoms with Crippen LogP contribution in [0.15, 0.2) is 27.9 Å². The second-order valence-electron chi connectivity index (χ2n) is 6.35. The summed E-state index contributed by atoms with van der Waals surface area (Å²) in [4.78, 5) is 23.8. The summed E-state index contributed by atoms with van der Waals surface area (Å²) in [5, 5.41) is 0. The van der Waals surface area contributed by atoms with E-state index in [1.54, 1.807) is 22.8 Å². The molecule has 0 radical (unpaired) electrons. The van der Waals surface area contributed by atoms with Crippen molar-refractivity contribution in [2.75, 3.05) is 20.2 Å². The molecule has 0 aliphatic carbocycles. The molecule has 2 aromatic rings. The predicted octanol–water partition coefficient (Wildman–Crippen LogP) is 2.05. The normalized spacial score (nSPS) is 16.8. The Hall–Kier alpha value is -1.71. The number of hydrogen-bond acceptors (Lipinski definition) is 6. The van der Waals surface area contributed by atoms with Crippen molar-refractivity contribution in [2.45, 2.75) is 37.6 Å². The third kappa shape index (κ3) is 3.43. The van der Waals surface area contributed by atoms with Crippen LogP contribution in [0.1, 0.15) is 26.2 Å². The highest BCUT2D eigenvalue weighted by Gasteiger charge is 2.32. The highest BCUT2D eigenvalue weighted by atomic mass is 32.2. The number of sulfonamides is 1. The summed E-state index contributed by atoms with van der Waals surface area (Å²) in [6, 6.07) is 4.84. The molecule has 1 fully saturated rings. The van der Waals surface area contributed by atoms with Gasteiger partial charge >= 0.3 is 10.8 Å². The number of ether oxygens (including phenoxy) is 1. The molecule has 26 heavy (non-hydrogen) atoms. The number of nitrogens with zero attached hydrogens (tertiary/aromatic N) is 2. The van der Waals surface area contributed by atoms with Gasteiger partial charge in [0.15, 0.2) is 0 Å². The maximum atomic E-state index is 12.9. The maximum Gasteiger partial charge on any atom is 0.308 e. The molecule has 142 valence electrons. The average Bonchev–Trinajstić information content (AvgIpc) is 2.96. The van der Waals surface area contributed by atoms with Gasteiger partial charge in [0, 0.05) is 19.6 Å². The molecule has 2 heterocycles. The molecule has 0 atom stereocenters. The van der Waals surface area contributed by atoms with E-state index in [4.69, 9.17) is 4.74 Å². The van der Waals surface area contributed by atoms with Gasteiger partial charge in [-0.2, -0.15) is 4.31 Å². The molecule has 1 saturated heterocycles. The standard InChI is InChI=1S/C17H22N2O5S2/c1-3-8-19-14-5-4-13(11-15(14)25-17(19)21)26(22,23)18-9-6-12(7-10-18)16(20)24-2/h4-5,11-12H,3,6-10H2,1-2H3. The largest absolute Gasteiger partial charge is 0.469 e. The third-order valence-electron chi connectivity index (χ3n) is 4.71. The number of fused-ring (bicyclic) bond motifs is 1. The zero-order chi connectivity index (χ0) is 18.9. The Morgan fingerprint density at radius 1 is 1.31 bits per heavy atom. The van der Waals surface area contributed by atoms with Gasteiger partial charge < -0.3 is 4.74 Å². The summed E-state index contributed by atoms with van der Waals surface area (Å²) in [6.07, 6.45) is 1.74. The monoisotopic (exact) mass is 398 g/mol. The molecular weight excluding hydrogens is 376 g/mol. The number of benzene rings is 1. The zero-order valence-corrected chi connectivity index (χ0v) is 16.4. The summed E-state index contributed by atoms with van der Waals surface area (Å²) in [5.41, 5.74) is 0.769. The van der Waals surface area contributed by atoms with Gasteiger partial charge in [-0.3, -0.25) is 14.2 Å². The number of aryl methyl sites for hydroxylation is 1. The number of esters is 1. The molecule has 0 amide bonds. The van der Waals surface area contributed by atoms with Gasteiger partial charge in [0.1, 0.15) is 0 Å². The highest BCUT2D eigenvalue weighted by molar-refractivity contribution is 7.89. The van der Waals surface area contributed by atoms with E-state index in [1.165, 1.54) is 11.4 Å². The molecule has 1 aliphatic heterocycles. The van der Waals surface area contributed by atoms with Crippen molar-refractivity contribution in [2.24, 2.45) is 5.92 Å². The number of rotatable bonds is 5. The van der Waals surface area contributed by atoms with Crippen LogP contribution in [0.25, 0.3) is 10.2 Å². The summed E-state index contributed by atoms with van der Waals surface area (Å²) in [6.45, 7) is 3.18. The van der Waals surface area contributed by atoms with Gasteiger partial charge in [-0.15, -0.1) is 0 Å². The Bertz CT molecular complexity index is 969. The van der Waals surface area contributed by atoms with Crippen LogP contribution in [0.5, 0.6) is 0 Å². The van der Waals surface area contributed by atoms with Crippen LogP contribution < -0.4 is 4.87 Å². The lowest BCUT2D eigenvalue weighted by Gasteiger charge is -2.29. The zero-order valence-electron chi connectivity index (χ0n) is 14.8. The molecule has 0 N–H and O–H groups in total. The number of hydrogen-bond donors (Lipinski definition) is 0. The first kappa shape index (κ1) is 19.1. The predicted molar refractivity (Wildman–Crippen MR) is 99.9 cm³/mol. The van der Waals surface area contributed by atoms with E-state index in [9.17, 15) is 18.0 Å². The molecular formula is C17H22N2O5S2. The van der Waals surface area contributed by atoms with E-state index in [2.05, 4.69) is 0 Å². The van der Waals surface area contributed by atoms with Crippen molar-refractivity contribution in [3.8, 4) is 0 Å². The van der Waals surface area contributed by atoms with Crippen molar-refractivity contribution in [1.29, 1.82) is 0 Å². The van der Waals surface area contributed by atoms with Gasteiger partial charge in [-0.1, -0.05) is 18.3 Å². The van der Waals surface area contributed by atoms with Crippen LogP contribution in [0.3, 0.4) is 0 Å². The Balaban J connectivity index is 1.86. The number of thiazole rings is 1. The Morgan fingerprint density at radius 3 is 2.62 bits per heavy atom. The van der Waals surface area contributed by atoms with Gasteiger partial charge in [-0.25, -0.2) is 8.42 Å². The van der Waals surface area contributed by atoms with Crippen LogP contribution >= 0.6 is 11.3 Å². The molecule has 1 aliphatic rings. The lowest BCUT2D eigenvalue weighted by molar-refractivity contribution is -0.146. The fourth-order valence-electron chi connectivity index (χ4n) is 3.29. The smallest absolute Gasteiger partial charge is 0.308 e.